The van der Waals surface area contributed by atoms with Gasteiger partial charge in [-0.05, 0) is 64.4 Å². The Kier molecular flexibility index (Phi) is 7.95. The Labute approximate surface area is 272 Å². The number of thiophene rings is 1. The van der Waals surface area contributed by atoms with Crippen LogP contribution < -0.4 is 15.4 Å². The lowest BCUT2D eigenvalue weighted by atomic mass is 9.66. The molecule has 0 saturated carbocycles. The quantitative estimate of drug-likeness (QED) is 0.202. The molecule has 3 aromatic carbocycles. The summed E-state index contributed by atoms with van der Waals surface area (Å²) in [6, 6.07) is 18.9. The van der Waals surface area contributed by atoms with Crippen molar-refractivity contribution in [1.82, 2.24) is 5.32 Å². The Balaban J connectivity index is 1.45. The fourth-order valence-corrected chi connectivity index (χ4v) is 8.76. The molecule has 0 spiro atoms. The summed E-state index contributed by atoms with van der Waals surface area (Å²) in [4.78, 5) is 28.8. The molecule has 2 heterocycles. The smallest absolute Gasteiger partial charge is 0.286 e. The molecule has 1 aliphatic carbocycles. The summed E-state index contributed by atoms with van der Waals surface area (Å²) < 4.78 is 57.8. The molecule has 0 fully saturated rings. The van der Waals surface area contributed by atoms with Crippen LogP contribution in [-0.2, 0) is 36.9 Å². The lowest BCUT2D eigenvalue weighted by molar-refractivity contribution is -0.128. The number of fused-ring (bicyclic) bond motifs is 3. The third kappa shape index (κ3) is 5.99. The van der Waals surface area contributed by atoms with Crippen LogP contribution in [0.2, 0.25) is 0 Å². The molecular formula is C33H34N4O6S3. The highest BCUT2D eigenvalue weighted by molar-refractivity contribution is 7.92. The minimum absolute atomic E-state index is 0.0374. The van der Waals surface area contributed by atoms with Crippen LogP contribution in [0.15, 0.2) is 81.4 Å². The number of carbonyl (C=O) groups is 2. The number of rotatable bonds is 8. The highest BCUT2D eigenvalue weighted by atomic mass is 32.2. The van der Waals surface area contributed by atoms with E-state index in [0.717, 1.165) is 28.0 Å². The highest BCUT2D eigenvalue weighted by Gasteiger charge is 2.54. The van der Waals surface area contributed by atoms with Gasteiger partial charge >= 0.3 is 0 Å². The topological polar surface area (TPSA) is 151 Å². The SMILES string of the molecule is CC(C)(C)CCC1(NCc2csc3ccccc23)C(=O)C(C2=NS(=O)(=O)c3cc(NS(C)(=O)=O)ccc3N2)C(=O)c2ccccc21. The van der Waals surface area contributed by atoms with Crippen molar-refractivity contribution >= 4 is 70.2 Å². The second-order valence-corrected chi connectivity index (χ2v) is 17.2. The van der Waals surface area contributed by atoms with Gasteiger partial charge in [-0.2, -0.15) is 8.42 Å². The van der Waals surface area contributed by atoms with Crippen LogP contribution in [0.25, 0.3) is 10.1 Å². The summed E-state index contributed by atoms with van der Waals surface area (Å²) in [6.45, 7) is 6.58. The summed E-state index contributed by atoms with van der Waals surface area (Å²) in [6.07, 6.45) is 1.94. The molecule has 0 amide bonds. The van der Waals surface area contributed by atoms with Crippen molar-refractivity contribution in [3.05, 3.63) is 88.8 Å². The molecule has 6 rings (SSSR count). The maximum atomic E-state index is 14.9. The number of carbonyl (C=O) groups excluding carboxylic acids is 2. The van der Waals surface area contributed by atoms with E-state index < -0.39 is 43.1 Å². The predicted octanol–water partition coefficient (Wildman–Crippen LogP) is 5.68. The predicted molar refractivity (Wildman–Crippen MR) is 181 cm³/mol. The molecule has 46 heavy (non-hydrogen) atoms. The first kappa shape index (κ1) is 32.0. The largest absolute Gasteiger partial charge is 0.341 e. The minimum Gasteiger partial charge on any atom is -0.341 e. The summed E-state index contributed by atoms with van der Waals surface area (Å²) in [5.74, 6) is -2.85. The molecule has 2 atom stereocenters. The summed E-state index contributed by atoms with van der Waals surface area (Å²) in [7, 11) is -8.09. The van der Waals surface area contributed by atoms with Crippen LogP contribution >= 0.6 is 11.3 Å². The average Bonchev–Trinajstić information content (AvgIpc) is 3.39. The molecule has 13 heteroatoms. The van der Waals surface area contributed by atoms with Crippen LogP contribution in [0.5, 0.6) is 0 Å². The van der Waals surface area contributed by atoms with Gasteiger partial charge in [0.05, 0.1) is 11.9 Å². The van der Waals surface area contributed by atoms with Gasteiger partial charge in [-0.25, -0.2) is 8.42 Å². The molecule has 240 valence electrons. The van der Waals surface area contributed by atoms with Crippen LogP contribution in [0.3, 0.4) is 0 Å². The molecule has 0 saturated heterocycles. The standard InChI is InChI=1S/C33H34N4O6S3/c1-32(2,3)15-16-33(34-18-20-19-44-26-12-8-6-9-22(20)26)24-11-7-5-10-23(24)29(38)28(30(33)39)31-35-25-14-13-21(36-45(4,40)41)17-27(25)46(42,43)37-31/h5-14,17,19,28,34,36H,15-16,18H2,1-4H3,(H,35,37). The van der Waals surface area contributed by atoms with E-state index >= 15 is 0 Å². The van der Waals surface area contributed by atoms with Crippen LogP contribution in [0.1, 0.15) is 55.1 Å². The maximum Gasteiger partial charge on any atom is 0.286 e. The second kappa shape index (κ2) is 11.4. The van der Waals surface area contributed by atoms with E-state index in [-0.39, 0.29) is 27.5 Å². The number of anilines is 2. The van der Waals surface area contributed by atoms with Crippen LogP contribution in [0.4, 0.5) is 11.4 Å². The first-order valence-corrected chi connectivity index (χ1v) is 18.9. The fraction of sp³-hybridized carbons (Fsp3) is 0.303. The lowest BCUT2D eigenvalue weighted by Gasteiger charge is -2.43. The molecule has 4 aromatic rings. The summed E-state index contributed by atoms with van der Waals surface area (Å²) in [5, 5.41) is 9.63. The van der Waals surface area contributed by atoms with E-state index in [4.69, 9.17) is 0 Å². The third-order valence-corrected chi connectivity index (χ3v) is 11.3. The zero-order valence-corrected chi connectivity index (χ0v) is 28.2. The van der Waals surface area contributed by atoms with E-state index in [2.05, 4.69) is 45.9 Å². The van der Waals surface area contributed by atoms with Crippen molar-refractivity contribution in [3.63, 3.8) is 0 Å². The summed E-state index contributed by atoms with van der Waals surface area (Å²) >= 11 is 1.61. The third-order valence-electron chi connectivity index (χ3n) is 8.31. The molecule has 1 aromatic heterocycles. The Hall–Kier alpha value is -3.91. The molecule has 0 radical (unpaired) electrons. The molecule has 2 unspecified atom stereocenters. The zero-order valence-electron chi connectivity index (χ0n) is 25.7. The van der Waals surface area contributed by atoms with Crippen molar-refractivity contribution < 1.29 is 26.4 Å². The number of Topliss-reactive ketones (excluding diaryl/α,β-unsaturated/α-hetero) is 2. The van der Waals surface area contributed by atoms with Gasteiger partial charge in [0.2, 0.25) is 10.0 Å². The Morgan fingerprint density at radius 2 is 1.74 bits per heavy atom. The van der Waals surface area contributed by atoms with Gasteiger partial charge in [0.25, 0.3) is 10.0 Å². The van der Waals surface area contributed by atoms with Crippen molar-refractivity contribution in [3.8, 4) is 0 Å². The molecule has 2 aliphatic rings. The molecule has 0 bridgehead atoms. The van der Waals surface area contributed by atoms with Gasteiger partial charge < -0.3 is 5.32 Å². The van der Waals surface area contributed by atoms with Crippen molar-refractivity contribution in [2.75, 3.05) is 16.3 Å². The monoisotopic (exact) mass is 678 g/mol. The number of benzene rings is 3. The number of ketones is 2. The fourth-order valence-electron chi connectivity index (χ4n) is 6.06. The average molecular weight is 679 g/mol. The van der Waals surface area contributed by atoms with E-state index in [1.165, 1.54) is 12.1 Å². The lowest BCUT2D eigenvalue weighted by Crippen LogP contribution is -2.59. The number of hydrogen-bond acceptors (Lipinski definition) is 9. The zero-order chi connectivity index (χ0) is 33.1. The molecule has 3 N–H and O–H groups in total. The number of nitrogens with one attached hydrogen (secondary N) is 3. The second-order valence-electron chi connectivity index (χ2n) is 12.9. The van der Waals surface area contributed by atoms with Gasteiger partial charge in [0, 0.05) is 22.5 Å². The van der Waals surface area contributed by atoms with Crippen molar-refractivity contribution in [2.24, 2.45) is 15.7 Å². The van der Waals surface area contributed by atoms with Crippen LogP contribution in [0, 0.1) is 11.3 Å². The number of amidine groups is 1. The van der Waals surface area contributed by atoms with E-state index in [1.54, 1.807) is 35.6 Å². The van der Waals surface area contributed by atoms with Gasteiger partial charge in [-0.15, -0.1) is 15.7 Å². The number of nitrogens with zero attached hydrogens (tertiary/aromatic N) is 1. The summed E-state index contributed by atoms with van der Waals surface area (Å²) in [5.41, 5.74) is 0.527. The normalized spacial score (nSPS) is 20.9. The van der Waals surface area contributed by atoms with Gasteiger partial charge in [0.1, 0.15) is 22.2 Å². The maximum absolute atomic E-state index is 14.9. The Bertz CT molecular complexity index is 2150. The molecule has 10 nitrogen and oxygen atoms in total. The van der Waals surface area contributed by atoms with E-state index in [0.29, 0.717) is 30.5 Å². The molecule has 1 aliphatic heterocycles. The molecular weight excluding hydrogens is 645 g/mol. The van der Waals surface area contributed by atoms with Crippen molar-refractivity contribution in [1.29, 1.82) is 0 Å². The van der Waals surface area contributed by atoms with Gasteiger partial charge in [-0.1, -0.05) is 63.2 Å². The Morgan fingerprint density at radius 1 is 1.02 bits per heavy atom. The van der Waals surface area contributed by atoms with Gasteiger partial charge in [-0.3, -0.25) is 19.6 Å². The number of sulfonamides is 2. The highest BCUT2D eigenvalue weighted by Crippen LogP contribution is 2.43. The Morgan fingerprint density at radius 3 is 2.48 bits per heavy atom. The van der Waals surface area contributed by atoms with E-state index in [9.17, 15) is 26.4 Å². The van der Waals surface area contributed by atoms with Crippen LogP contribution in [-0.4, -0.2) is 40.5 Å². The van der Waals surface area contributed by atoms with Crippen molar-refractivity contribution in [2.45, 2.75) is 50.6 Å². The first-order chi connectivity index (χ1) is 21.6. The van der Waals surface area contributed by atoms with E-state index in [1.807, 2.05) is 24.3 Å². The minimum atomic E-state index is -4.42. The van der Waals surface area contributed by atoms with Gasteiger partial charge in [0.15, 0.2) is 11.6 Å². The first-order valence-electron chi connectivity index (χ1n) is 14.7. The number of hydrogen-bond donors (Lipinski definition) is 3.